The van der Waals surface area contributed by atoms with Crippen LogP contribution in [0.5, 0.6) is 0 Å². The number of aromatic nitrogens is 1. The predicted octanol–water partition coefficient (Wildman–Crippen LogP) is 3.61. The van der Waals surface area contributed by atoms with Crippen molar-refractivity contribution in [1.29, 1.82) is 0 Å². The molecule has 1 aromatic carbocycles. The number of nitrogens with one attached hydrogen (secondary N) is 2. The first kappa shape index (κ1) is 16.5. The van der Waals surface area contributed by atoms with Gasteiger partial charge in [-0.3, -0.25) is 9.59 Å². The van der Waals surface area contributed by atoms with Gasteiger partial charge in [-0.25, -0.2) is 4.98 Å². The van der Waals surface area contributed by atoms with Crippen molar-refractivity contribution in [2.24, 2.45) is 0 Å². The van der Waals surface area contributed by atoms with E-state index in [4.69, 9.17) is 0 Å². The lowest BCUT2D eigenvalue weighted by Gasteiger charge is -2.06. The Kier molecular flexibility index (Phi) is 6.42. The van der Waals surface area contributed by atoms with Gasteiger partial charge < -0.3 is 10.6 Å². The van der Waals surface area contributed by atoms with E-state index >= 15 is 0 Å². The highest BCUT2D eigenvalue weighted by molar-refractivity contribution is 8.00. The maximum absolute atomic E-state index is 11.7. The first-order valence-electron chi connectivity index (χ1n) is 6.89. The number of nitrogens with zero attached hydrogens (tertiary/aromatic N) is 1. The van der Waals surface area contributed by atoms with Crippen LogP contribution in [0.4, 0.5) is 10.8 Å². The van der Waals surface area contributed by atoms with Gasteiger partial charge in [0.1, 0.15) is 0 Å². The van der Waals surface area contributed by atoms with E-state index in [1.807, 2.05) is 36.6 Å². The molecule has 2 aromatic rings. The zero-order valence-corrected chi connectivity index (χ0v) is 13.8. The summed E-state index contributed by atoms with van der Waals surface area (Å²) < 4.78 is 0. The summed E-state index contributed by atoms with van der Waals surface area (Å²) in [6.45, 7) is 1.97. The van der Waals surface area contributed by atoms with E-state index in [1.165, 1.54) is 23.1 Å². The second-order valence-electron chi connectivity index (χ2n) is 4.50. The van der Waals surface area contributed by atoms with Gasteiger partial charge in [-0.15, -0.1) is 23.1 Å². The molecule has 1 heterocycles. The Morgan fingerprint density at radius 3 is 2.59 bits per heavy atom. The molecule has 0 fully saturated rings. The van der Waals surface area contributed by atoms with E-state index in [0.717, 1.165) is 17.0 Å². The summed E-state index contributed by atoms with van der Waals surface area (Å²) in [6, 6.07) is 7.47. The van der Waals surface area contributed by atoms with E-state index in [0.29, 0.717) is 17.3 Å². The van der Waals surface area contributed by atoms with E-state index in [9.17, 15) is 9.59 Å². The third kappa shape index (κ3) is 5.50. The molecule has 22 heavy (non-hydrogen) atoms. The van der Waals surface area contributed by atoms with Gasteiger partial charge in [0.2, 0.25) is 11.8 Å². The van der Waals surface area contributed by atoms with Gasteiger partial charge in [-0.05, 0) is 30.7 Å². The normalized spacial score (nSPS) is 10.2. The van der Waals surface area contributed by atoms with Gasteiger partial charge in [-0.1, -0.05) is 6.92 Å². The first-order chi connectivity index (χ1) is 10.7. The lowest BCUT2D eigenvalue weighted by atomic mass is 10.3. The van der Waals surface area contributed by atoms with Crippen LogP contribution in [0.3, 0.4) is 0 Å². The fraction of sp³-hybridized carbons (Fsp3) is 0.267. The molecule has 0 spiro atoms. The van der Waals surface area contributed by atoms with E-state index in [2.05, 4.69) is 15.6 Å². The number of carbonyl (C=O) groups is 2. The summed E-state index contributed by atoms with van der Waals surface area (Å²) in [5.74, 6) is 0.257. The zero-order chi connectivity index (χ0) is 15.8. The number of amides is 2. The lowest BCUT2D eigenvalue weighted by Crippen LogP contribution is -2.13. The van der Waals surface area contributed by atoms with Crippen molar-refractivity contribution in [2.45, 2.75) is 24.7 Å². The second kappa shape index (κ2) is 8.55. The number of benzene rings is 1. The fourth-order valence-electron chi connectivity index (χ4n) is 1.67. The molecule has 0 aliphatic carbocycles. The average Bonchev–Trinajstić information content (AvgIpc) is 3.00. The summed E-state index contributed by atoms with van der Waals surface area (Å²) in [5, 5.41) is 7.99. The Morgan fingerprint density at radius 1 is 1.18 bits per heavy atom. The molecule has 5 nitrogen and oxygen atoms in total. The van der Waals surface area contributed by atoms with Crippen molar-refractivity contribution in [2.75, 3.05) is 16.4 Å². The van der Waals surface area contributed by atoms with E-state index in [-0.39, 0.29) is 11.8 Å². The molecule has 0 unspecified atom stereocenters. The summed E-state index contributed by atoms with van der Waals surface area (Å²) in [7, 11) is 0. The molecule has 0 aliphatic heterocycles. The van der Waals surface area contributed by atoms with Crippen molar-refractivity contribution in [1.82, 2.24) is 4.98 Å². The minimum atomic E-state index is -0.0831. The highest BCUT2D eigenvalue weighted by Crippen LogP contribution is 2.21. The van der Waals surface area contributed by atoms with Gasteiger partial charge in [0.25, 0.3) is 0 Å². The Balaban J connectivity index is 1.78. The molecule has 2 N–H and O–H groups in total. The van der Waals surface area contributed by atoms with Crippen LogP contribution in [0.1, 0.15) is 19.8 Å². The first-order valence-corrected chi connectivity index (χ1v) is 8.76. The van der Waals surface area contributed by atoms with Crippen LogP contribution in [0.15, 0.2) is 40.7 Å². The molecule has 1 aromatic heterocycles. The Labute approximate surface area is 137 Å². The van der Waals surface area contributed by atoms with Crippen LogP contribution in [-0.2, 0) is 9.59 Å². The van der Waals surface area contributed by atoms with Gasteiger partial charge in [-0.2, -0.15) is 0 Å². The number of anilines is 2. The van der Waals surface area contributed by atoms with Crippen molar-refractivity contribution >= 4 is 45.7 Å². The quantitative estimate of drug-likeness (QED) is 0.758. The maximum Gasteiger partial charge on any atom is 0.236 e. The van der Waals surface area contributed by atoms with Gasteiger partial charge >= 0.3 is 0 Å². The van der Waals surface area contributed by atoms with Crippen LogP contribution in [-0.4, -0.2) is 22.6 Å². The number of thiazole rings is 1. The molecule has 0 atom stereocenters. The number of hydrogen-bond acceptors (Lipinski definition) is 5. The highest BCUT2D eigenvalue weighted by atomic mass is 32.2. The van der Waals surface area contributed by atoms with Crippen LogP contribution < -0.4 is 10.6 Å². The monoisotopic (exact) mass is 335 g/mol. The maximum atomic E-state index is 11.7. The van der Waals surface area contributed by atoms with Crippen LogP contribution in [0.2, 0.25) is 0 Å². The zero-order valence-electron chi connectivity index (χ0n) is 12.2. The van der Waals surface area contributed by atoms with Crippen molar-refractivity contribution in [3.63, 3.8) is 0 Å². The summed E-state index contributed by atoms with van der Waals surface area (Å²) >= 11 is 2.83. The molecule has 0 saturated carbocycles. The number of carbonyl (C=O) groups excluding carboxylic acids is 2. The van der Waals surface area contributed by atoms with Crippen molar-refractivity contribution in [3.8, 4) is 0 Å². The summed E-state index contributed by atoms with van der Waals surface area (Å²) in [4.78, 5) is 28.2. The molecular weight excluding hydrogens is 318 g/mol. The van der Waals surface area contributed by atoms with Crippen LogP contribution in [0, 0.1) is 0 Å². The van der Waals surface area contributed by atoms with Crippen LogP contribution >= 0.6 is 23.1 Å². The lowest BCUT2D eigenvalue weighted by molar-refractivity contribution is -0.116. The molecule has 0 saturated heterocycles. The molecule has 2 rings (SSSR count). The standard InChI is InChI=1S/C15H17N3O2S2/c1-2-3-13(19)17-11-4-6-12(7-5-11)22-10-14(20)18-15-16-8-9-21-15/h4-9H,2-3,10H2,1H3,(H,17,19)(H,16,18,20). The molecule has 0 radical (unpaired) electrons. The summed E-state index contributed by atoms with van der Waals surface area (Å²) in [6.07, 6.45) is 3.00. The topological polar surface area (TPSA) is 71.1 Å². The third-order valence-corrected chi connectivity index (χ3v) is 4.36. The Hall–Kier alpha value is -1.86. The number of hydrogen-bond donors (Lipinski definition) is 2. The van der Waals surface area contributed by atoms with Crippen molar-refractivity contribution < 1.29 is 9.59 Å². The van der Waals surface area contributed by atoms with E-state index in [1.54, 1.807) is 6.20 Å². The van der Waals surface area contributed by atoms with Crippen molar-refractivity contribution in [3.05, 3.63) is 35.8 Å². The molecule has 0 bridgehead atoms. The molecule has 0 aliphatic rings. The fourth-order valence-corrected chi connectivity index (χ4v) is 2.92. The predicted molar refractivity (Wildman–Crippen MR) is 91.4 cm³/mol. The SMILES string of the molecule is CCCC(=O)Nc1ccc(SCC(=O)Nc2nccs2)cc1. The van der Waals surface area contributed by atoms with Gasteiger partial charge in [0.15, 0.2) is 5.13 Å². The third-order valence-electron chi connectivity index (χ3n) is 2.66. The van der Waals surface area contributed by atoms with Gasteiger partial charge in [0.05, 0.1) is 5.75 Å². The largest absolute Gasteiger partial charge is 0.326 e. The van der Waals surface area contributed by atoms with E-state index < -0.39 is 0 Å². The average molecular weight is 335 g/mol. The second-order valence-corrected chi connectivity index (χ2v) is 6.44. The van der Waals surface area contributed by atoms with Crippen LogP contribution in [0.25, 0.3) is 0 Å². The molecule has 2 amide bonds. The Morgan fingerprint density at radius 2 is 1.95 bits per heavy atom. The summed E-state index contributed by atoms with van der Waals surface area (Å²) in [5.41, 5.74) is 0.773. The molecule has 116 valence electrons. The smallest absolute Gasteiger partial charge is 0.236 e. The van der Waals surface area contributed by atoms with Gasteiger partial charge in [0, 0.05) is 28.6 Å². The molecule has 7 heteroatoms. The minimum absolute atomic E-state index is 0.0192. The molecular formula is C15H17N3O2S2. The number of rotatable bonds is 7. The highest BCUT2D eigenvalue weighted by Gasteiger charge is 2.06. The number of thioether (sulfide) groups is 1. The minimum Gasteiger partial charge on any atom is -0.326 e. The Bertz CT molecular complexity index is 612.